The number of hydrogen-bond donors (Lipinski definition) is 1. The summed E-state index contributed by atoms with van der Waals surface area (Å²) in [4.78, 5) is 16.2. The molecule has 0 fully saturated rings. The summed E-state index contributed by atoms with van der Waals surface area (Å²) in [6.45, 7) is 0.260. The van der Waals surface area contributed by atoms with Crippen molar-refractivity contribution in [2.45, 2.75) is 6.61 Å². The van der Waals surface area contributed by atoms with Gasteiger partial charge in [0.15, 0.2) is 0 Å². The Hall–Kier alpha value is -3.58. The second kappa shape index (κ2) is 8.20. The predicted molar refractivity (Wildman–Crippen MR) is 112 cm³/mol. The van der Waals surface area contributed by atoms with E-state index >= 15 is 0 Å². The van der Waals surface area contributed by atoms with Crippen molar-refractivity contribution in [1.29, 1.82) is 0 Å². The first kappa shape index (κ1) is 18.8. The molecular formula is C22H18N2O4S. The van der Waals surface area contributed by atoms with Crippen LogP contribution in [0.2, 0.25) is 0 Å². The molecule has 1 aromatic carbocycles. The molecule has 0 saturated heterocycles. The number of aromatic nitrogens is 1. The van der Waals surface area contributed by atoms with E-state index in [4.69, 9.17) is 19.6 Å². The zero-order valence-electron chi connectivity index (χ0n) is 15.6. The van der Waals surface area contributed by atoms with E-state index < -0.39 is 0 Å². The molecule has 0 unspecified atom stereocenters. The number of ether oxygens (including phenoxy) is 2. The van der Waals surface area contributed by atoms with Crippen molar-refractivity contribution < 1.29 is 18.7 Å². The van der Waals surface area contributed by atoms with Crippen LogP contribution < -0.4 is 10.5 Å². The number of esters is 1. The smallest absolute Gasteiger partial charge is 0.337 e. The molecule has 0 atom stereocenters. The quantitative estimate of drug-likeness (QED) is 0.453. The van der Waals surface area contributed by atoms with Gasteiger partial charge in [0.25, 0.3) is 0 Å². The highest BCUT2D eigenvalue weighted by Gasteiger charge is 2.15. The Bertz CT molecular complexity index is 1100. The molecule has 146 valence electrons. The Balaban J connectivity index is 1.63. The molecule has 29 heavy (non-hydrogen) atoms. The number of methoxy groups -OCH3 is 1. The number of rotatable bonds is 6. The number of carbonyl (C=O) groups excluding carboxylic acids is 1. The number of carbonyl (C=O) groups is 1. The Labute approximate surface area is 171 Å². The lowest BCUT2D eigenvalue weighted by Gasteiger charge is -2.13. The molecule has 0 radical (unpaired) electrons. The summed E-state index contributed by atoms with van der Waals surface area (Å²) >= 11 is 1.60. The molecule has 4 aromatic rings. The number of hydrogen-bond acceptors (Lipinski definition) is 7. The maximum atomic E-state index is 11.6. The third-order valence-electron chi connectivity index (χ3n) is 4.42. The zero-order valence-corrected chi connectivity index (χ0v) is 16.4. The minimum absolute atomic E-state index is 0.260. The van der Waals surface area contributed by atoms with Crippen LogP contribution in [0.4, 0.5) is 5.69 Å². The minimum atomic E-state index is -0.378. The lowest BCUT2D eigenvalue weighted by Crippen LogP contribution is -2.04. The van der Waals surface area contributed by atoms with Gasteiger partial charge in [0.1, 0.15) is 12.3 Å². The van der Waals surface area contributed by atoms with Crippen molar-refractivity contribution in [3.63, 3.8) is 0 Å². The van der Waals surface area contributed by atoms with E-state index in [2.05, 4.69) is 4.98 Å². The summed E-state index contributed by atoms with van der Waals surface area (Å²) < 4.78 is 15.9. The van der Waals surface area contributed by atoms with Gasteiger partial charge in [-0.3, -0.25) is 0 Å². The standard InChI is InChI=1S/C22H18N2O4S/c1-26-22(25)15-4-2-14(3-5-15)11-28-21-20(23)18(16-6-8-27-12-16)10-19(24-21)17-7-9-29-13-17/h2-10,12-13H,11,23H2,1H3. The van der Waals surface area contributed by atoms with Crippen LogP contribution >= 0.6 is 11.3 Å². The van der Waals surface area contributed by atoms with Crippen LogP contribution in [0.3, 0.4) is 0 Å². The number of nitrogen functional groups attached to an aromatic ring is 1. The molecule has 0 aliphatic rings. The first-order valence-electron chi connectivity index (χ1n) is 8.81. The minimum Gasteiger partial charge on any atom is -0.472 e. The Morgan fingerprint density at radius 1 is 1.17 bits per heavy atom. The second-order valence-electron chi connectivity index (χ2n) is 6.28. The Kier molecular flexibility index (Phi) is 5.31. The monoisotopic (exact) mass is 406 g/mol. The van der Waals surface area contributed by atoms with E-state index in [-0.39, 0.29) is 12.6 Å². The predicted octanol–water partition coefficient (Wildman–Crippen LogP) is 5.02. The fourth-order valence-electron chi connectivity index (χ4n) is 2.86. The van der Waals surface area contributed by atoms with Crippen LogP contribution in [0.25, 0.3) is 22.4 Å². The molecule has 7 heteroatoms. The summed E-state index contributed by atoms with van der Waals surface area (Å²) in [6, 6.07) is 12.8. The van der Waals surface area contributed by atoms with Gasteiger partial charge in [-0.15, -0.1) is 0 Å². The topological polar surface area (TPSA) is 87.6 Å². The van der Waals surface area contributed by atoms with E-state index in [1.807, 2.05) is 41.1 Å². The molecule has 0 amide bonds. The van der Waals surface area contributed by atoms with Crippen molar-refractivity contribution in [3.8, 4) is 28.3 Å². The van der Waals surface area contributed by atoms with Gasteiger partial charge in [0.05, 0.1) is 30.9 Å². The summed E-state index contributed by atoms with van der Waals surface area (Å²) in [5, 5.41) is 4.02. The lowest BCUT2D eigenvalue weighted by molar-refractivity contribution is 0.0600. The summed E-state index contributed by atoms with van der Waals surface area (Å²) in [5.41, 5.74) is 11.6. The van der Waals surface area contributed by atoms with Crippen LogP contribution in [0.5, 0.6) is 5.88 Å². The average Bonchev–Trinajstić information content (AvgIpc) is 3.47. The average molecular weight is 406 g/mol. The first-order chi connectivity index (χ1) is 14.2. The maximum Gasteiger partial charge on any atom is 0.337 e. The molecule has 6 nitrogen and oxygen atoms in total. The van der Waals surface area contributed by atoms with Gasteiger partial charge in [-0.05, 0) is 41.3 Å². The van der Waals surface area contributed by atoms with Gasteiger partial charge < -0.3 is 19.6 Å². The molecule has 4 rings (SSSR count). The fourth-order valence-corrected chi connectivity index (χ4v) is 3.51. The molecule has 0 aliphatic carbocycles. The summed E-state index contributed by atoms with van der Waals surface area (Å²) in [7, 11) is 1.35. The SMILES string of the molecule is COC(=O)c1ccc(COc2nc(-c3ccsc3)cc(-c3ccoc3)c2N)cc1. The van der Waals surface area contributed by atoms with E-state index in [0.717, 1.165) is 27.9 Å². The molecule has 2 N–H and O–H groups in total. The summed E-state index contributed by atoms with van der Waals surface area (Å²) in [6.07, 6.45) is 3.24. The van der Waals surface area contributed by atoms with Gasteiger partial charge in [0, 0.05) is 22.1 Å². The molecule has 0 bridgehead atoms. The first-order valence-corrected chi connectivity index (χ1v) is 9.75. The molecule has 0 aliphatic heterocycles. The zero-order chi connectivity index (χ0) is 20.2. The fraction of sp³-hybridized carbons (Fsp3) is 0.0909. The Morgan fingerprint density at radius 3 is 2.66 bits per heavy atom. The van der Waals surface area contributed by atoms with Crippen LogP contribution in [0.15, 0.2) is 70.2 Å². The van der Waals surface area contributed by atoms with E-state index in [0.29, 0.717) is 17.1 Å². The van der Waals surface area contributed by atoms with Gasteiger partial charge in [-0.2, -0.15) is 11.3 Å². The molecular weight excluding hydrogens is 388 g/mol. The van der Waals surface area contributed by atoms with E-state index in [9.17, 15) is 4.79 Å². The van der Waals surface area contributed by atoms with Gasteiger partial charge in [-0.1, -0.05) is 12.1 Å². The normalized spacial score (nSPS) is 10.7. The maximum absolute atomic E-state index is 11.6. The number of pyridine rings is 1. The molecule has 0 saturated carbocycles. The van der Waals surface area contributed by atoms with Crippen molar-refractivity contribution in [2.75, 3.05) is 12.8 Å². The number of nitrogens with two attached hydrogens (primary N) is 1. The second-order valence-corrected chi connectivity index (χ2v) is 7.06. The van der Waals surface area contributed by atoms with Gasteiger partial charge in [0.2, 0.25) is 5.88 Å². The highest BCUT2D eigenvalue weighted by Crippen LogP contribution is 2.36. The van der Waals surface area contributed by atoms with Crippen molar-refractivity contribution in [2.24, 2.45) is 0 Å². The van der Waals surface area contributed by atoms with Gasteiger partial charge >= 0.3 is 5.97 Å². The van der Waals surface area contributed by atoms with Gasteiger partial charge in [-0.25, -0.2) is 9.78 Å². The number of thiophene rings is 1. The largest absolute Gasteiger partial charge is 0.472 e. The van der Waals surface area contributed by atoms with Crippen LogP contribution in [0, 0.1) is 0 Å². The number of anilines is 1. The highest BCUT2D eigenvalue weighted by molar-refractivity contribution is 7.08. The molecule has 3 aromatic heterocycles. The van der Waals surface area contributed by atoms with Crippen LogP contribution in [-0.4, -0.2) is 18.1 Å². The highest BCUT2D eigenvalue weighted by atomic mass is 32.1. The third kappa shape index (κ3) is 4.00. The third-order valence-corrected chi connectivity index (χ3v) is 5.11. The number of benzene rings is 1. The van der Waals surface area contributed by atoms with Crippen molar-refractivity contribution in [1.82, 2.24) is 4.98 Å². The van der Waals surface area contributed by atoms with Crippen LogP contribution in [0.1, 0.15) is 15.9 Å². The lowest BCUT2D eigenvalue weighted by atomic mass is 10.1. The van der Waals surface area contributed by atoms with Crippen molar-refractivity contribution >= 4 is 23.0 Å². The molecule has 3 heterocycles. The van der Waals surface area contributed by atoms with E-state index in [1.54, 1.807) is 36.0 Å². The van der Waals surface area contributed by atoms with E-state index in [1.165, 1.54) is 7.11 Å². The number of furan rings is 1. The molecule has 0 spiro atoms. The Morgan fingerprint density at radius 2 is 2.00 bits per heavy atom. The summed E-state index contributed by atoms with van der Waals surface area (Å²) in [5.74, 6) is -0.0291. The number of nitrogens with zero attached hydrogens (tertiary/aromatic N) is 1. The van der Waals surface area contributed by atoms with Crippen molar-refractivity contribution in [3.05, 3.63) is 76.9 Å². The van der Waals surface area contributed by atoms with Crippen LogP contribution in [-0.2, 0) is 11.3 Å².